The van der Waals surface area contributed by atoms with Crippen LogP contribution in [0.1, 0.15) is 37.0 Å². The molecule has 5 heteroatoms. The summed E-state index contributed by atoms with van der Waals surface area (Å²) in [4.78, 5) is 14.8. The van der Waals surface area contributed by atoms with Crippen molar-refractivity contribution in [2.24, 2.45) is 5.92 Å². The molecule has 1 saturated heterocycles. The van der Waals surface area contributed by atoms with Crippen molar-refractivity contribution in [3.63, 3.8) is 0 Å². The van der Waals surface area contributed by atoms with Crippen molar-refractivity contribution in [1.82, 2.24) is 10.2 Å². The first kappa shape index (κ1) is 17.0. The Morgan fingerprint density at radius 1 is 1.24 bits per heavy atom. The van der Waals surface area contributed by atoms with Gasteiger partial charge < -0.3 is 10.2 Å². The quantitative estimate of drug-likeness (QED) is 0.800. The van der Waals surface area contributed by atoms with Gasteiger partial charge in [0.15, 0.2) is 0 Å². The number of rotatable bonds is 4. The second-order valence-corrected chi connectivity index (χ2v) is 7.73. The zero-order valence-corrected chi connectivity index (χ0v) is 15.7. The molecule has 0 bridgehead atoms. The predicted molar refractivity (Wildman–Crippen MR) is 93.6 cm³/mol. The summed E-state index contributed by atoms with van der Waals surface area (Å²) in [6.07, 6.45) is 2.30. The van der Waals surface area contributed by atoms with Crippen LogP contribution in [0.4, 0.5) is 0 Å². The van der Waals surface area contributed by atoms with E-state index in [0.717, 1.165) is 47.0 Å². The van der Waals surface area contributed by atoms with E-state index in [4.69, 9.17) is 0 Å². The summed E-state index contributed by atoms with van der Waals surface area (Å²) >= 11 is 6.91. The van der Waals surface area contributed by atoms with Crippen molar-refractivity contribution >= 4 is 37.8 Å². The third-order valence-corrected chi connectivity index (χ3v) is 4.82. The van der Waals surface area contributed by atoms with Crippen molar-refractivity contribution in [2.45, 2.75) is 32.7 Å². The summed E-state index contributed by atoms with van der Waals surface area (Å²) in [7, 11) is 0. The summed E-state index contributed by atoms with van der Waals surface area (Å²) in [5.74, 6) is 0.721. The first-order valence-electron chi connectivity index (χ1n) is 7.45. The van der Waals surface area contributed by atoms with E-state index in [9.17, 15) is 4.79 Å². The number of nitrogens with zero attached hydrogens (tertiary/aromatic N) is 1. The smallest absolute Gasteiger partial charge is 0.254 e. The van der Waals surface area contributed by atoms with Crippen LogP contribution in [0.2, 0.25) is 0 Å². The van der Waals surface area contributed by atoms with Crippen molar-refractivity contribution in [3.05, 3.63) is 32.7 Å². The number of halogens is 2. The van der Waals surface area contributed by atoms with E-state index < -0.39 is 0 Å². The highest BCUT2D eigenvalue weighted by atomic mass is 79.9. The molecule has 0 saturated carbocycles. The van der Waals surface area contributed by atoms with Gasteiger partial charge in [-0.05, 0) is 63.9 Å². The molecule has 1 aliphatic rings. The Hall–Kier alpha value is -0.390. The molecular formula is C16H22Br2N2O. The zero-order chi connectivity index (χ0) is 15.4. The van der Waals surface area contributed by atoms with Crippen molar-refractivity contribution in [3.8, 4) is 0 Å². The van der Waals surface area contributed by atoms with Crippen LogP contribution in [0.5, 0.6) is 0 Å². The van der Waals surface area contributed by atoms with Crippen LogP contribution in [0.25, 0.3) is 0 Å². The molecule has 1 N–H and O–H groups in total. The van der Waals surface area contributed by atoms with Gasteiger partial charge in [-0.15, -0.1) is 0 Å². The molecule has 0 unspecified atom stereocenters. The van der Waals surface area contributed by atoms with Gasteiger partial charge in [-0.3, -0.25) is 4.79 Å². The Bertz CT molecular complexity index is 479. The number of carbonyl (C=O) groups excluding carboxylic acids is 1. The number of benzene rings is 1. The Labute approximate surface area is 143 Å². The van der Waals surface area contributed by atoms with Crippen LogP contribution in [-0.2, 0) is 0 Å². The normalized spacial score (nSPS) is 16.2. The SMILES string of the molecule is CC(C)N(CC1CCNCC1)C(=O)c1cc(Br)cc(Br)c1. The lowest BCUT2D eigenvalue weighted by molar-refractivity contribution is 0.0658. The highest BCUT2D eigenvalue weighted by molar-refractivity contribution is 9.11. The molecule has 1 aromatic carbocycles. The molecule has 0 spiro atoms. The molecule has 116 valence electrons. The number of piperidine rings is 1. The Morgan fingerprint density at radius 3 is 2.33 bits per heavy atom. The van der Waals surface area contributed by atoms with Gasteiger partial charge in [0.05, 0.1) is 0 Å². The first-order chi connectivity index (χ1) is 9.97. The van der Waals surface area contributed by atoms with Gasteiger partial charge in [0, 0.05) is 27.1 Å². The predicted octanol–water partition coefficient (Wildman–Crippen LogP) is 4.06. The lowest BCUT2D eigenvalue weighted by atomic mass is 9.96. The number of hydrogen-bond acceptors (Lipinski definition) is 2. The lowest BCUT2D eigenvalue weighted by Crippen LogP contribution is -2.43. The molecule has 0 aliphatic carbocycles. The summed E-state index contributed by atoms with van der Waals surface area (Å²) in [6.45, 7) is 7.15. The van der Waals surface area contributed by atoms with Crippen LogP contribution in [-0.4, -0.2) is 36.5 Å². The first-order valence-corrected chi connectivity index (χ1v) is 9.03. The van der Waals surface area contributed by atoms with Gasteiger partial charge in [-0.1, -0.05) is 31.9 Å². The van der Waals surface area contributed by atoms with Gasteiger partial charge >= 0.3 is 0 Å². The van der Waals surface area contributed by atoms with E-state index in [0.29, 0.717) is 5.92 Å². The van der Waals surface area contributed by atoms with Crippen LogP contribution < -0.4 is 5.32 Å². The standard InChI is InChI=1S/C16H22Br2N2O/c1-11(2)20(10-12-3-5-19-6-4-12)16(21)13-7-14(17)9-15(18)8-13/h7-9,11-12,19H,3-6,10H2,1-2H3. The van der Waals surface area contributed by atoms with Crippen molar-refractivity contribution in [2.75, 3.05) is 19.6 Å². The van der Waals surface area contributed by atoms with E-state index in [2.05, 4.69) is 51.0 Å². The third-order valence-electron chi connectivity index (χ3n) is 3.91. The minimum absolute atomic E-state index is 0.116. The number of amides is 1. The van der Waals surface area contributed by atoms with E-state index in [-0.39, 0.29) is 11.9 Å². The Morgan fingerprint density at radius 2 is 1.81 bits per heavy atom. The van der Waals surface area contributed by atoms with Crippen LogP contribution in [0.3, 0.4) is 0 Å². The van der Waals surface area contributed by atoms with Gasteiger partial charge in [0.2, 0.25) is 0 Å². The summed E-state index contributed by atoms with van der Waals surface area (Å²) < 4.78 is 1.84. The molecule has 0 atom stereocenters. The van der Waals surface area contributed by atoms with E-state index in [1.165, 1.54) is 0 Å². The summed E-state index contributed by atoms with van der Waals surface area (Å²) in [5.41, 5.74) is 0.735. The molecule has 1 heterocycles. The Kier molecular flexibility index (Phi) is 6.26. The molecule has 2 rings (SSSR count). The van der Waals surface area contributed by atoms with Gasteiger partial charge in [-0.25, -0.2) is 0 Å². The molecule has 1 aromatic rings. The minimum atomic E-state index is 0.116. The molecule has 0 radical (unpaired) electrons. The highest BCUT2D eigenvalue weighted by Gasteiger charge is 2.24. The molecule has 1 aliphatic heterocycles. The van der Waals surface area contributed by atoms with E-state index in [1.54, 1.807) is 0 Å². The monoisotopic (exact) mass is 416 g/mol. The second kappa shape index (κ2) is 7.75. The molecular weight excluding hydrogens is 396 g/mol. The fraction of sp³-hybridized carbons (Fsp3) is 0.562. The topological polar surface area (TPSA) is 32.3 Å². The van der Waals surface area contributed by atoms with Crippen molar-refractivity contribution in [1.29, 1.82) is 0 Å². The molecule has 3 nitrogen and oxygen atoms in total. The van der Waals surface area contributed by atoms with Gasteiger partial charge in [0.25, 0.3) is 5.91 Å². The maximum atomic E-state index is 12.8. The van der Waals surface area contributed by atoms with Crippen LogP contribution >= 0.6 is 31.9 Å². The van der Waals surface area contributed by atoms with Crippen LogP contribution in [0, 0.1) is 5.92 Å². The van der Waals surface area contributed by atoms with Crippen molar-refractivity contribution < 1.29 is 4.79 Å². The van der Waals surface area contributed by atoms with E-state index in [1.807, 2.05) is 23.1 Å². The Balaban J connectivity index is 2.14. The fourth-order valence-electron chi connectivity index (χ4n) is 2.71. The number of carbonyl (C=O) groups is 1. The van der Waals surface area contributed by atoms with Gasteiger partial charge in [0.1, 0.15) is 0 Å². The summed E-state index contributed by atoms with van der Waals surface area (Å²) in [6, 6.07) is 5.95. The fourth-order valence-corrected chi connectivity index (χ4v) is 4.01. The van der Waals surface area contributed by atoms with Gasteiger partial charge in [-0.2, -0.15) is 0 Å². The molecule has 1 fully saturated rings. The average Bonchev–Trinajstić information content (AvgIpc) is 2.44. The maximum absolute atomic E-state index is 12.8. The largest absolute Gasteiger partial charge is 0.336 e. The third kappa shape index (κ3) is 4.80. The van der Waals surface area contributed by atoms with Crippen LogP contribution in [0.15, 0.2) is 27.1 Å². The number of hydrogen-bond donors (Lipinski definition) is 1. The van der Waals surface area contributed by atoms with E-state index >= 15 is 0 Å². The molecule has 0 aromatic heterocycles. The highest BCUT2D eigenvalue weighted by Crippen LogP contribution is 2.23. The molecule has 1 amide bonds. The maximum Gasteiger partial charge on any atom is 0.254 e. The average molecular weight is 418 g/mol. The number of nitrogens with one attached hydrogen (secondary N) is 1. The lowest BCUT2D eigenvalue weighted by Gasteiger charge is -2.33. The zero-order valence-electron chi connectivity index (χ0n) is 12.5. The second-order valence-electron chi connectivity index (χ2n) is 5.90. The molecule has 21 heavy (non-hydrogen) atoms. The summed E-state index contributed by atoms with van der Waals surface area (Å²) in [5, 5.41) is 3.38. The minimum Gasteiger partial charge on any atom is -0.336 e.